The number of benzene rings is 2. The Morgan fingerprint density at radius 2 is 1.92 bits per heavy atom. The van der Waals surface area contributed by atoms with Crippen LogP contribution in [0.15, 0.2) is 48.8 Å². The van der Waals surface area contributed by atoms with Gasteiger partial charge in [-0.25, -0.2) is 4.98 Å². The molecule has 3 heterocycles. The lowest BCUT2D eigenvalue weighted by Crippen LogP contribution is -2.47. The van der Waals surface area contributed by atoms with Crippen LogP contribution in [-0.2, 0) is 12.5 Å². The number of piperidine rings is 1. The van der Waals surface area contributed by atoms with Gasteiger partial charge in [0.25, 0.3) is 5.91 Å². The Hall–Kier alpha value is -3.81. The van der Waals surface area contributed by atoms with Crippen LogP contribution in [0.25, 0.3) is 11.0 Å². The summed E-state index contributed by atoms with van der Waals surface area (Å²) < 4.78 is 1.85. The minimum Gasteiger partial charge on any atom is -0.369 e. The number of aromatic amines is 1. The minimum atomic E-state index is -0.0146. The first-order valence-electron chi connectivity index (χ1n) is 12.6. The van der Waals surface area contributed by atoms with Gasteiger partial charge in [0, 0.05) is 49.2 Å². The van der Waals surface area contributed by atoms with Crippen LogP contribution >= 0.6 is 0 Å². The molecule has 2 aromatic heterocycles. The van der Waals surface area contributed by atoms with Gasteiger partial charge >= 0.3 is 0 Å². The fraction of sp³-hybridized carbons (Fsp3) is 0.393. The van der Waals surface area contributed by atoms with Gasteiger partial charge in [-0.2, -0.15) is 5.10 Å². The lowest BCUT2D eigenvalue weighted by Gasteiger charge is -2.35. The number of amides is 1. The van der Waals surface area contributed by atoms with E-state index in [1.165, 1.54) is 5.56 Å². The van der Waals surface area contributed by atoms with E-state index < -0.39 is 0 Å². The fourth-order valence-electron chi connectivity index (χ4n) is 4.79. The molecule has 0 unspecified atom stereocenters. The first-order chi connectivity index (χ1) is 17.2. The average Bonchev–Trinajstić information content (AvgIpc) is 3.44. The highest BCUT2D eigenvalue weighted by atomic mass is 16.1. The van der Waals surface area contributed by atoms with Crippen LogP contribution < -0.4 is 15.5 Å². The molecule has 1 fully saturated rings. The van der Waals surface area contributed by atoms with Crippen molar-refractivity contribution in [3.8, 4) is 0 Å². The number of anilines is 3. The predicted octanol–water partition coefficient (Wildman–Crippen LogP) is 5.04. The quantitative estimate of drug-likeness (QED) is 0.368. The molecule has 4 aromatic rings. The lowest BCUT2D eigenvalue weighted by atomic mass is 9.86. The van der Waals surface area contributed by atoms with Gasteiger partial charge in [0.1, 0.15) is 5.52 Å². The van der Waals surface area contributed by atoms with Crippen molar-refractivity contribution in [1.29, 1.82) is 0 Å². The summed E-state index contributed by atoms with van der Waals surface area (Å²) in [5, 5.41) is 11.2. The summed E-state index contributed by atoms with van der Waals surface area (Å²) in [6.45, 7) is 10.3. The van der Waals surface area contributed by atoms with E-state index in [1.54, 1.807) is 6.33 Å². The van der Waals surface area contributed by atoms with Crippen molar-refractivity contribution in [2.24, 2.45) is 7.05 Å². The van der Waals surface area contributed by atoms with Crippen molar-refractivity contribution in [3.63, 3.8) is 0 Å². The van der Waals surface area contributed by atoms with Crippen LogP contribution in [0.3, 0.4) is 0 Å². The highest BCUT2D eigenvalue weighted by molar-refractivity contribution is 5.95. The van der Waals surface area contributed by atoms with Crippen molar-refractivity contribution in [1.82, 2.24) is 25.1 Å². The molecule has 36 heavy (non-hydrogen) atoms. The molecule has 8 heteroatoms. The van der Waals surface area contributed by atoms with E-state index in [2.05, 4.69) is 75.6 Å². The topological polar surface area (TPSA) is 90.9 Å². The molecule has 0 saturated carbocycles. The van der Waals surface area contributed by atoms with Gasteiger partial charge in [-0.3, -0.25) is 9.48 Å². The number of fused-ring (bicyclic) bond motifs is 1. The standard InChI is InChI=1S/C28H35N7O/c1-18-13-25(33-34(18)5)32-24-15-22(14-23-26(24)30-17-29-23)35-12-6-7-21(16-35)31-27(36)19-8-10-20(11-9-19)28(2,3)4/h8-11,13-15,17,21H,6-7,12,16H2,1-5H3,(H,29,30)(H,31,36)(H,32,33)/t21-/m0/s1. The van der Waals surface area contributed by atoms with Crippen LogP contribution in [0.2, 0.25) is 0 Å². The minimum absolute atomic E-state index is 0.0146. The fourth-order valence-corrected chi connectivity index (χ4v) is 4.79. The maximum absolute atomic E-state index is 13.0. The number of carbonyl (C=O) groups is 1. The summed E-state index contributed by atoms with van der Waals surface area (Å²) >= 11 is 0. The summed E-state index contributed by atoms with van der Waals surface area (Å²) in [5.74, 6) is 0.775. The molecule has 0 spiro atoms. The number of imidazole rings is 1. The van der Waals surface area contributed by atoms with Crippen LogP contribution in [-0.4, -0.2) is 44.8 Å². The van der Waals surface area contributed by atoms with E-state index in [4.69, 9.17) is 0 Å². The lowest BCUT2D eigenvalue weighted by molar-refractivity contribution is 0.0933. The third kappa shape index (κ3) is 4.94. The number of rotatable bonds is 5. The number of nitrogens with one attached hydrogen (secondary N) is 3. The number of nitrogens with zero attached hydrogens (tertiary/aromatic N) is 4. The molecule has 0 bridgehead atoms. The van der Waals surface area contributed by atoms with Gasteiger partial charge in [-0.15, -0.1) is 0 Å². The molecule has 0 radical (unpaired) electrons. The van der Waals surface area contributed by atoms with E-state index in [-0.39, 0.29) is 17.4 Å². The Morgan fingerprint density at radius 3 is 2.61 bits per heavy atom. The Labute approximate surface area is 212 Å². The van der Waals surface area contributed by atoms with Gasteiger partial charge < -0.3 is 20.5 Å². The summed E-state index contributed by atoms with van der Waals surface area (Å²) in [6.07, 6.45) is 3.69. The number of aryl methyl sites for hydroxylation is 2. The van der Waals surface area contributed by atoms with Crippen LogP contribution in [0.4, 0.5) is 17.2 Å². The van der Waals surface area contributed by atoms with E-state index in [1.807, 2.05) is 36.9 Å². The predicted molar refractivity (Wildman–Crippen MR) is 145 cm³/mol. The molecule has 8 nitrogen and oxygen atoms in total. The van der Waals surface area contributed by atoms with Crippen molar-refractivity contribution in [3.05, 3.63) is 65.6 Å². The van der Waals surface area contributed by atoms with Gasteiger partial charge in [-0.1, -0.05) is 32.9 Å². The molecule has 1 atom stereocenters. The Kier molecular flexibility index (Phi) is 6.20. The highest BCUT2D eigenvalue weighted by Crippen LogP contribution is 2.31. The molecular formula is C28H35N7O. The second-order valence-electron chi connectivity index (χ2n) is 10.8. The Balaban J connectivity index is 1.32. The summed E-state index contributed by atoms with van der Waals surface area (Å²) in [6, 6.07) is 14.3. The van der Waals surface area contributed by atoms with Crippen molar-refractivity contribution < 1.29 is 4.79 Å². The molecule has 2 aromatic carbocycles. The monoisotopic (exact) mass is 485 g/mol. The molecule has 5 rings (SSSR count). The third-order valence-corrected chi connectivity index (χ3v) is 7.02. The van der Waals surface area contributed by atoms with Gasteiger partial charge in [0.05, 0.1) is 17.5 Å². The Morgan fingerprint density at radius 1 is 1.14 bits per heavy atom. The smallest absolute Gasteiger partial charge is 0.251 e. The van der Waals surface area contributed by atoms with E-state index >= 15 is 0 Å². The molecule has 1 aliphatic rings. The van der Waals surface area contributed by atoms with Crippen molar-refractivity contribution in [2.75, 3.05) is 23.3 Å². The van der Waals surface area contributed by atoms with Crippen LogP contribution in [0, 0.1) is 6.92 Å². The third-order valence-electron chi connectivity index (χ3n) is 7.02. The first kappa shape index (κ1) is 23.9. The number of aromatic nitrogens is 4. The number of H-pyrrole nitrogens is 1. The van der Waals surface area contributed by atoms with Gasteiger partial charge in [-0.05, 0) is 55.0 Å². The molecule has 1 saturated heterocycles. The second-order valence-corrected chi connectivity index (χ2v) is 10.8. The summed E-state index contributed by atoms with van der Waals surface area (Å²) in [4.78, 5) is 23.1. The van der Waals surface area contributed by atoms with Crippen LogP contribution in [0.1, 0.15) is 55.2 Å². The van der Waals surface area contributed by atoms with E-state index in [0.717, 1.165) is 59.9 Å². The number of carbonyl (C=O) groups excluding carboxylic acids is 1. The number of hydrogen-bond acceptors (Lipinski definition) is 5. The molecule has 1 aliphatic heterocycles. The average molecular weight is 486 g/mol. The summed E-state index contributed by atoms with van der Waals surface area (Å²) in [7, 11) is 1.93. The SMILES string of the molecule is Cc1cc(Nc2cc(N3CCC[C@H](NC(=O)c4ccc(C(C)(C)C)cc4)C3)cc3[nH]cnc23)nn1C. The first-order valence-corrected chi connectivity index (χ1v) is 12.6. The molecule has 3 N–H and O–H groups in total. The van der Waals surface area contributed by atoms with Crippen molar-refractivity contribution >= 4 is 34.1 Å². The van der Waals surface area contributed by atoms with Crippen molar-refractivity contribution in [2.45, 2.75) is 52.0 Å². The maximum atomic E-state index is 13.0. The normalized spacial score (nSPS) is 16.4. The van der Waals surface area contributed by atoms with Crippen LogP contribution in [0.5, 0.6) is 0 Å². The van der Waals surface area contributed by atoms with E-state index in [9.17, 15) is 4.79 Å². The molecule has 188 valence electrons. The van der Waals surface area contributed by atoms with E-state index in [0.29, 0.717) is 5.56 Å². The largest absolute Gasteiger partial charge is 0.369 e. The zero-order chi connectivity index (χ0) is 25.4. The molecular weight excluding hydrogens is 450 g/mol. The van der Waals surface area contributed by atoms with Gasteiger partial charge in [0.2, 0.25) is 0 Å². The second kappa shape index (κ2) is 9.33. The summed E-state index contributed by atoms with van der Waals surface area (Å²) in [5.41, 5.74) is 6.92. The zero-order valence-corrected chi connectivity index (χ0v) is 21.7. The zero-order valence-electron chi connectivity index (χ0n) is 21.7. The molecule has 0 aliphatic carbocycles. The Bertz CT molecular complexity index is 1360. The highest BCUT2D eigenvalue weighted by Gasteiger charge is 2.24. The maximum Gasteiger partial charge on any atom is 0.251 e. The number of hydrogen-bond donors (Lipinski definition) is 3. The molecule has 1 amide bonds. The van der Waals surface area contributed by atoms with Gasteiger partial charge in [0.15, 0.2) is 5.82 Å².